The first-order valence-electron chi connectivity index (χ1n) is 6.31. The van der Waals surface area contributed by atoms with Crippen molar-refractivity contribution in [2.24, 2.45) is 0 Å². The zero-order valence-corrected chi connectivity index (χ0v) is 14.7. The molecule has 0 amide bonds. The second-order valence-electron chi connectivity index (χ2n) is 4.99. The Bertz CT molecular complexity index is 830. The summed E-state index contributed by atoms with van der Waals surface area (Å²) in [6, 6.07) is 3.30. The Labute approximate surface area is 137 Å². The van der Waals surface area contributed by atoms with E-state index in [4.69, 9.17) is 10.6 Å². The van der Waals surface area contributed by atoms with Crippen LogP contribution in [0.25, 0.3) is 0 Å². The highest BCUT2D eigenvalue weighted by Gasteiger charge is 2.18. The lowest BCUT2D eigenvalue weighted by Gasteiger charge is -2.19. The highest BCUT2D eigenvalue weighted by molar-refractivity contribution is 9.10. The molecule has 2 N–H and O–H groups in total. The van der Waals surface area contributed by atoms with Crippen molar-refractivity contribution in [3.63, 3.8) is 0 Å². The molecule has 6 nitrogen and oxygen atoms in total. The number of ether oxygens (including phenoxy) is 1. The van der Waals surface area contributed by atoms with Crippen LogP contribution in [0.5, 0.6) is 11.5 Å². The normalized spacial score (nSPS) is 11.5. The van der Waals surface area contributed by atoms with Crippen LogP contribution in [0.4, 0.5) is 0 Å². The molecule has 2 aromatic rings. The molecule has 118 valence electrons. The summed E-state index contributed by atoms with van der Waals surface area (Å²) in [5, 5.41) is 0. The number of benzene rings is 1. The molecule has 0 fully saturated rings. The summed E-state index contributed by atoms with van der Waals surface area (Å²) in [7, 11) is -4.58. The van der Waals surface area contributed by atoms with Gasteiger partial charge < -0.3 is 9.29 Å². The average Bonchev–Trinajstić information content (AvgIpc) is 2.31. The Kier molecular flexibility index (Phi) is 4.46. The van der Waals surface area contributed by atoms with Gasteiger partial charge in [0.15, 0.2) is 5.75 Å². The van der Waals surface area contributed by atoms with E-state index < -0.39 is 10.1 Å². The van der Waals surface area contributed by atoms with Crippen LogP contribution in [0.2, 0.25) is 0 Å². The van der Waals surface area contributed by atoms with Crippen LogP contribution in [-0.2, 0) is 10.1 Å². The van der Waals surface area contributed by atoms with Crippen molar-refractivity contribution >= 4 is 26.0 Å². The van der Waals surface area contributed by atoms with Crippen LogP contribution < -0.4 is 15.3 Å². The fraction of sp³-hybridized carbons (Fsp3) is 0.214. The minimum atomic E-state index is -4.58. The molecule has 0 saturated heterocycles. The maximum absolute atomic E-state index is 11.5. The third kappa shape index (κ3) is 3.40. The predicted molar refractivity (Wildman–Crippen MR) is 83.2 cm³/mol. The monoisotopic (exact) mass is 386 g/mol. The van der Waals surface area contributed by atoms with Gasteiger partial charge in [-0.05, 0) is 47.8 Å². The molecule has 0 aliphatic carbocycles. The average molecular weight is 387 g/mol. The first-order valence-corrected chi connectivity index (χ1v) is 8.51. The van der Waals surface area contributed by atoms with E-state index in [1.807, 2.05) is 0 Å². The molecule has 1 aromatic heterocycles. The van der Waals surface area contributed by atoms with Crippen molar-refractivity contribution in [1.82, 2.24) is 0 Å². The van der Waals surface area contributed by atoms with Gasteiger partial charge in [0, 0.05) is 11.6 Å². The summed E-state index contributed by atoms with van der Waals surface area (Å²) < 4.78 is 42.1. The van der Waals surface area contributed by atoms with Crippen molar-refractivity contribution in [3.8, 4) is 11.5 Å². The van der Waals surface area contributed by atoms with E-state index in [1.54, 1.807) is 39.1 Å². The number of halogens is 1. The molecule has 22 heavy (non-hydrogen) atoms. The molecule has 2 rings (SSSR count). The van der Waals surface area contributed by atoms with E-state index in [1.165, 1.54) is 10.9 Å². The topological polar surface area (TPSA) is 96.3 Å². The van der Waals surface area contributed by atoms with Gasteiger partial charge in [0.1, 0.15) is 15.9 Å². The van der Waals surface area contributed by atoms with E-state index in [0.717, 1.165) is 5.56 Å². The highest BCUT2D eigenvalue weighted by Crippen LogP contribution is 2.35. The van der Waals surface area contributed by atoms with Gasteiger partial charge in [0.2, 0.25) is 12.4 Å². The molecule has 0 aliphatic rings. The number of hydrogen-bond donors (Lipinski definition) is 1. The van der Waals surface area contributed by atoms with Gasteiger partial charge in [-0.15, -0.1) is 0 Å². The molecule has 8 heteroatoms. The number of pyridine rings is 1. The zero-order chi connectivity index (χ0) is 16.7. The second kappa shape index (κ2) is 5.86. The fourth-order valence-electron chi connectivity index (χ4n) is 2.40. The van der Waals surface area contributed by atoms with Crippen LogP contribution in [0.3, 0.4) is 0 Å². The van der Waals surface area contributed by atoms with E-state index >= 15 is 0 Å². The molecule has 0 spiro atoms. The summed E-state index contributed by atoms with van der Waals surface area (Å²) >= 11 is 3.29. The number of rotatable bonds is 3. The van der Waals surface area contributed by atoms with Crippen molar-refractivity contribution < 1.29 is 22.4 Å². The van der Waals surface area contributed by atoms with Crippen LogP contribution in [0.15, 0.2) is 33.9 Å². The third-order valence-electron chi connectivity index (χ3n) is 3.13. The van der Waals surface area contributed by atoms with Gasteiger partial charge in [0.25, 0.3) is 0 Å². The lowest BCUT2D eigenvalue weighted by molar-refractivity contribution is -0.639. The first kappa shape index (κ1) is 16.7. The first-order chi connectivity index (χ1) is 10.1. The Morgan fingerprint density at radius 1 is 1.18 bits per heavy atom. The van der Waals surface area contributed by atoms with Gasteiger partial charge in [-0.1, -0.05) is 10.7 Å². The summed E-state index contributed by atoms with van der Waals surface area (Å²) in [6.45, 7) is 4.92. The smallest absolute Gasteiger partial charge is 0.241 e. The largest absolute Gasteiger partial charge is 0.744 e. The van der Waals surface area contributed by atoms with Crippen LogP contribution in [-0.4, -0.2) is 13.0 Å². The Balaban J connectivity index is 2.61. The quantitative estimate of drug-likeness (QED) is 0.494. The zero-order valence-electron chi connectivity index (χ0n) is 12.3. The molecule has 0 bridgehead atoms. The molecule has 1 aromatic carbocycles. The minimum absolute atomic E-state index is 0.247. The lowest BCUT2D eigenvalue weighted by atomic mass is 10.1. The van der Waals surface area contributed by atoms with Crippen LogP contribution in [0.1, 0.15) is 16.7 Å². The number of nitrogens with two attached hydrogens (primary N) is 1. The van der Waals surface area contributed by atoms with Crippen LogP contribution >= 0.6 is 15.9 Å². The van der Waals surface area contributed by atoms with Crippen molar-refractivity contribution in [3.05, 3.63) is 45.7 Å². The van der Waals surface area contributed by atoms with E-state index in [2.05, 4.69) is 15.9 Å². The molecule has 0 unspecified atom stereocenters. The fourth-order valence-corrected chi connectivity index (χ4v) is 3.79. The van der Waals surface area contributed by atoms with Gasteiger partial charge >= 0.3 is 0 Å². The maximum Gasteiger partial charge on any atom is 0.241 e. The molecule has 0 atom stereocenters. The Hall–Kier alpha value is -1.64. The highest BCUT2D eigenvalue weighted by atomic mass is 79.9. The summed E-state index contributed by atoms with van der Waals surface area (Å²) in [4.78, 5) is -0.247. The number of hydrogen-bond acceptors (Lipinski definition) is 5. The van der Waals surface area contributed by atoms with Gasteiger partial charge in [0.05, 0.1) is 9.37 Å². The minimum Gasteiger partial charge on any atom is -0.744 e. The van der Waals surface area contributed by atoms with Crippen molar-refractivity contribution in [2.45, 2.75) is 25.7 Å². The Morgan fingerprint density at radius 3 is 2.36 bits per heavy atom. The third-order valence-corrected chi connectivity index (χ3v) is 4.69. The summed E-state index contributed by atoms with van der Waals surface area (Å²) in [5.41, 5.74) is 1.42. The maximum atomic E-state index is 11.5. The lowest BCUT2D eigenvalue weighted by Crippen LogP contribution is -2.43. The van der Waals surface area contributed by atoms with Crippen molar-refractivity contribution in [1.29, 1.82) is 0 Å². The molecule has 1 heterocycles. The standard InChI is InChI=1S/C14H15BrN2O4S/c1-8-4-9(2)14(22(18,19)20)10(3)13(8)21-12-5-11(15)6-17(16)7-12/h4-7H,16H2,1-3H3. The number of aromatic nitrogens is 1. The van der Waals surface area contributed by atoms with Gasteiger partial charge in [-0.2, -0.15) is 0 Å². The Morgan fingerprint density at radius 2 is 1.82 bits per heavy atom. The van der Waals surface area contributed by atoms with Crippen LogP contribution in [0, 0.1) is 20.8 Å². The number of aryl methyl sites for hydroxylation is 2. The molecule has 0 radical (unpaired) electrons. The molecular weight excluding hydrogens is 372 g/mol. The summed E-state index contributed by atoms with van der Waals surface area (Å²) in [5.74, 6) is 6.42. The van der Waals surface area contributed by atoms with E-state index in [-0.39, 0.29) is 10.5 Å². The second-order valence-corrected chi connectivity index (χ2v) is 7.22. The van der Waals surface area contributed by atoms with Gasteiger partial charge in [-0.25, -0.2) is 14.3 Å². The van der Waals surface area contributed by atoms with E-state index in [9.17, 15) is 13.0 Å². The SMILES string of the molecule is Cc1cc(C)c(S(=O)(=O)[O-])c(C)c1Oc1cc(Br)c[n+](N)c1. The number of nitrogens with zero attached hydrogens (tertiary/aromatic N) is 1. The molecule has 0 saturated carbocycles. The number of nitrogen functional groups attached to an aromatic ring is 1. The summed E-state index contributed by atoms with van der Waals surface area (Å²) in [6.07, 6.45) is 3.17. The molecular formula is C14H15BrN2O4S. The van der Waals surface area contributed by atoms with Crippen molar-refractivity contribution in [2.75, 3.05) is 5.84 Å². The van der Waals surface area contributed by atoms with E-state index in [0.29, 0.717) is 21.5 Å². The van der Waals surface area contributed by atoms with Gasteiger partial charge in [-0.3, -0.25) is 0 Å². The predicted octanol–water partition coefficient (Wildman–Crippen LogP) is 2.07. The molecule has 0 aliphatic heterocycles.